The topological polar surface area (TPSA) is 60.3 Å². The van der Waals surface area contributed by atoms with E-state index in [0.717, 1.165) is 10.1 Å². The molecule has 0 aliphatic carbocycles. The third-order valence-corrected chi connectivity index (χ3v) is 3.88. The zero-order valence-corrected chi connectivity index (χ0v) is 13.3. The van der Waals surface area contributed by atoms with Gasteiger partial charge in [0.15, 0.2) is 0 Å². The number of fused-ring (bicyclic) bond motifs is 1. The van der Waals surface area contributed by atoms with Gasteiger partial charge in [0.1, 0.15) is 5.60 Å². The van der Waals surface area contributed by atoms with Gasteiger partial charge in [-0.2, -0.15) is 0 Å². The number of nitrogens with zero attached hydrogens (tertiary/aromatic N) is 1. The summed E-state index contributed by atoms with van der Waals surface area (Å²) in [7, 11) is 0. The molecule has 2 rings (SSSR count). The highest BCUT2D eigenvalue weighted by Crippen LogP contribution is 2.15. The third-order valence-electron chi connectivity index (χ3n) is 2.76. The lowest BCUT2D eigenvalue weighted by molar-refractivity contribution is 0.0527. The van der Waals surface area contributed by atoms with E-state index in [1.165, 1.54) is 11.5 Å². The number of alkyl carbamates (subject to hydrolysis) is 1. The number of aryl methyl sites for hydroxylation is 1. The number of carbonyl (C=O) groups excluding carboxylic acids is 1. The van der Waals surface area contributed by atoms with Gasteiger partial charge in [0.25, 0.3) is 5.56 Å². The Kier molecular flexibility index (Phi) is 4.67. The third kappa shape index (κ3) is 4.32. The van der Waals surface area contributed by atoms with Gasteiger partial charge in [-0.25, -0.2) is 4.79 Å². The Labute approximate surface area is 127 Å². The van der Waals surface area contributed by atoms with Crippen LogP contribution in [0.15, 0.2) is 29.1 Å². The van der Waals surface area contributed by atoms with E-state index in [4.69, 9.17) is 4.74 Å². The fraction of sp³-hybridized carbons (Fsp3) is 0.467. The predicted molar refractivity (Wildman–Crippen MR) is 84.9 cm³/mol. The van der Waals surface area contributed by atoms with Crippen LogP contribution in [0, 0.1) is 0 Å². The first-order valence-electron chi connectivity index (χ1n) is 6.92. The van der Waals surface area contributed by atoms with Crippen molar-refractivity contribution in [1.82, 2.24) is 9.27 Å². The number of ether oxygens (including phenoxy) is 1. The number of amides is 1. The van der Waals surface area contributed by atoms with Crippen LogP contribution in [0.4, 0.5) is 4.79 Å². The minimum absolute atomic E-state index is 0.0351. The highest BCUT2D eigenvalue weighted by atomic mass is 32.1. The molecule has 0 radical (unpaired) electrons. The van der Waals surface area contributed by atoms with E-state index >= 15 is 0 Å². The summed E-state index contributed by atoms with van der Waals surface area (Å²) < 4.78 is 7.86. The molecule has 0 spiro atoms. The van der Waals surface area contributed by atoms with Gasteiger partial charge in [-0.3, -0.25) is 8.75 Å². The summed E-state index contributed by atoms with van der Waals surface area (Å²) in [6, 6.07) is 7.57. The van der Waals surface area contributed by atoms with Crippen molar-refractivity contribution in [2.75, 3.05) is 6.54 Å². The zero-order valence-electron chi connectivity index (χ0n) is 12.5. The maximum atomic E-state index is 12.1. The molecule has 5 nitrogen and oxygen atoms in total. The van der Waals surface area contributed by atoms with Gasteiger partial charge in [-0.1, -0.05) is 23.7 Å². The fourth-order valence-corrected chi connectivity index (χ4v) is 2.92. The summed E-state index contributed by atoms with van der Waals surface area (Å²) in [6.07, 6.45) is 0.262. The summed E-state index contributed by atoms with van der Waals surface area (Å²) in [5.41, 5.74) is -0.458. The van der Waals surface area contributed by atoms with Crippen LogP contribution in [0.25, 0.3) is 10.1 Å². The van der Waals surface area contributed by atoms with E-state index in [0.29, 0.717) is 19.5 Å². The fourth-order valence-electron chi connectivity index (χ4n) is 1.89. The van der Waals surface area contributed by atoms with E-state index in [2.05, 4.69) is 5.32 Å². The lowest BCUT2D eigenvalue weighted by Crippen LogP contribution is -2.33. The summed E-state index contributed by atoms with van der Waals surface area (Å²) in [5.74, 6) is 0. The number of hydrogen-bond acceptors (Lipinski definition) is 4. The minimum Gasteiger partial charge on any atom is -0.444 e. The standard InChI is InChI=1S/C15H20N2O3S/c1-15(2,3)20-14(19)16-9-6-10-17-13(18)11-7-4-5-8-12(11)21-17/h4-5,7-8H,6,9-10H2,1-3H3,(H,16,19). The minimum atomic E-state index is -0.494. The van der Waals surface area contributed by atoms with Crippen molar-refractivity contribution in [3.63, 3.8) is 0 Å². The van der Waals surface area contributed by atoms with Crippen LogP contribution in [0.2, 0.25) is 0 Å². The molecular formula is C15H20N2O3S. The normalized spacial score (nSPS) is 11.6. The average molecular weight is 308 g/mol. The molecule has 0 atom stereocenters. The molecule has 0 saturated carbocycles. The molecule has 0 aliphatic rings. The predicted octanol–water partition coefficient (Wildman–Crippen LogP) is 2.98. The highest BCUT2D eigenvalue weighted by Gasteiger charge is 2.15. The molecule has 114 valence electrons. The number of benzene rings is 1. The molecule has 1 N–H and O–H groups in total. The molecule has 1 amide bonds. The Hall–Kier alpha value is -1.82. The van der Waals surface area contributed by atoms with Crippen LogP contribution in [0.1, 0.15) is 27.2 Å². The van der Waals surface area contributed by atoms with Crippen LogP contribution in [-0.2, 0) is 11.3 Å². The Morgan fingerprint density at radius 2 is 2.05 bits per heavy atom. The van der Waals surface area contributed by atoms with Gasteiger partial charge in [-0.15, -0.1) is 0 Å². The first-order chi connectivity index (χ1) is 9.87. The molecule has 0 saturated heterocycles. The number of nitrogens with one attached hydrogen (secondary N) is 1. The molecule has 6 heteroatoms. The molecule has 0 fully saturated rings. The van der Waals surface area contributed by atoms with Crippen LogP contribution in [0.3, 0.4) is 0 Å². The van der Waals surface area contributed by atoms with Crippen LogP contribution < -0.4 is 10.9 Å². The maximum Gasteiger partial charge on any atom is 0.407 e. The van der Waals surface area contributed by atoms with E-state index < -0.39 is 11.7 Å². The zero-order chi connectivity index (χ0) is 15.5. The lowest BCUT2D eigenvalue weighted by Gasteiger charge is -2.19. The van der Waals surface area contributed by atoms with Crippen LogP contribution in [-0.4, -0.2) is 22.2 Å². The van der Waals surface area contributed by atoms with Crippen molar-refractivity contribution in [3.05, 3.63) is 34.6 Å². The van der Waals surface area contributed by atoms with E-state index in [1.54, 1.807) is 3.96 Å². The molecule has 0 bridgehead atoms. The summed E-state index contributed by atoms with van der Waals surface area (Å²) >= 11 is 1.45. The Bertz CT molecular complexity index is 682. The molecule has 21 heavy (non-hydrogen) atoms. The van der Waals surface area contributed by atoms with Crippen molar-refractivity contribution < 1.29 is 9.53 Å². The lowest BCUT2D eigenvalue weighted by atomic mass is 10.2. The second-order valence-corrected chi connectivity index (χ2v) is 6.84. The van der Waals surface area contributed by atoms with Gasteiger partial charge in [0.05, 0.1) is 10.1 Å². The van der Waals surface area contributed by atoms with Crippen molar-refractivity contribution in [2.45, 2.75) is 39.3 Å². The van der Waals surface area contributed by atoms with Crippen LogP contribution in [0.5, 0.6) is 0 Å². The first-order valence-corrected chi connectivity index (χ1v) is 7.70. The van der Waals surface area contributed by atoms with Gasteiger partial charge >= 0.3 is 6.09 Å². The molecular weight excluding hydrogens is 288 g/mol. The van der Waals surface area contributed by atoms with E-state index in [9.17, 15) is 9.59 Å². The molecule has 0 unspecified atom stereocenters. The molecule has 0 aliphatic heterocycles. The van der Waals surface area contributed by atoms with Gasteiger partial charge in [0, 0.05) is 13.1 Å². The van der Waals surface area contributed by atoms with Crippen LogP contribution >= 0.6 is 11.5 Å². The van der Waals surface area contributed by atoms with Gasteiger partial charge in [0.2, 0.25) is 0 Å². The Balaban J connectivity index is 1.84. The molecule has 1 aromatic heterocycles. The van der Waals surface area contributed by atoms with Crippen molar-refractivity contribution >= 4 is 27.7 Å². The second-order valence-electron chi connectivity index (χ2n) is 5.78. The SMILES string of the molecule is CC(C)(C)OC(=O)NCCCn1sc2ccccc2c1=O. The quantitative estimate of drug-likeness (QED) is 0.883. The van der Waals surface area contributed by atoms with Gasteiger partial charge < -0.3 is 10.1 Å². The first kappa shape index (κ1) is 15.6. The smallest absolute Gasteiger partial charge is 0.407 e. The van der Waals surface area contributed by atoms with E-state index in [1.807, 2.05) is 45.0 Å². The molecule has 1 heterocycles. The van der Waals surface area contributed by atoms with Gasteiger partial charge in [-0.05, 0) is 39.3 Å². The second kappa shape index (κ2) is 6.30. The number of hydrogen-bond donors (Lipinski definition) is 1. The van der Waals surface area contributed by atoms with Crippen molar-refractivity contribution in [3.8, 4) is 0 Å². The van der Waals surface area contributed by atoms with E-state index in [-0.39, 0.29) is 5.56 Å². The number of aromatic nitrogens is 1. The Morgan fingerprint density at radius 1 is 1.33 bits per heavy atom. The summed E-state index contributed by atoms with van der Waals surface area (Å²) in [4.78, 5) is 23.6. The summed E-state index contributed by atoms with van der Waals surface area (Å²) in [6.45, 7) is 6.54. The van der Waals surface area contributed by atoms with Crippen molar-refractivity contribution in [2.24, 2.45) is 0 Å². The monoisotopic (exact) mass is 308 g/mol. The Morgan fingerprint density at radius 3 is 2.71 bits per heavy atom. The molecule has 1 aromatic carbocycles. The highest BCUT2D eigenvalue weighted by molar-refractivity contribution is 7.13. The van der Waals surface area contributed by atoms with Crippen molar-refractivity contribution in [1.29, 1.82) is 0 Å². The largest absolute Gasteiger partial charge is 0.444 e. The summed E-state index contributed by atoms with van der Waals surface area (Å²) in [5, 5.41) is 3.44. The average Bonchev–Trinajstić information content (AvgIpc) is 2.70. The number of rotatable bonds is 4. The maximum absolute atomic E-state index is 12.1. The molecule has 2 aromatic rings. The number of carbonyl (C=O) groups is 1.